The molecule has 4 aromatic rings. The first-order valence-electron chi connectivity index (χ1n) is 11.0. The molecule has 1 aliphatic heterocycles. The molecule has 0 saturated carbocycles. The maximum absolute atomic E-state index is 16.8. The Labute approximate surface area is 210 Å². The van der Waals surface area contributed by atoms with Gasteiger partial charge in [-0.15, -0.1) is 0 Å². The van der Waals surface area contributed by atoms with E-state index in [1.165, 1.54) is 97.1 Å². The molecule has 1 aliphatic rings. The van der Waals surface area contributed by atoms with Gasteiger partial charge < -0.3 is 16.5 Å². The zero-order valence-electron chi connectivity index (χ0n) is 18.7. The van der Waals surface area contributed by atoms with Crippen molar-refractivity contribution >= 4 is 56.3 Å². The van der Waals surface area contributed by atoms with Gasteiger partial charge in [0.15, 0.2) is 0 Å². The standard InChI is InChI=1S/C24H20F4O4Si4/c25-33(21-13-5-1-6-14-21)29-34(26,22-15-7-2-8-16-22)31-36(28,24-19-11-4-12-20-24)32-35(27,30-33)23-17-9-3-10-18-23/h1-20H. The maximum atomic E-state index is 16.8. The number of rotatable bonds is 4. The van der Waals surface area contributed by atoms with Crippen LogP contribution in [-0.4, -0.2) is 35.6 Å². The van der Waals surface area contributed by atoms with Gasteiger partial charge in [0.2, 0.25) is 0 Å². The van der Waals surface area contributed by atoms with E-state index < -0.39 is 35.6 Å². The second-order valence-electron chi connectivity index (χ2n) is 8.02. The summed E-state index contributed by atoms with van der Waals surface area (Å²) in [6, 6.07) is 28.8. The van der Waals surface area contributed by atoms with Gasteiger partial charge >= 0.3 is 35.6 Å². The molecule has 0 spiro atoms. The molecule has 0 aromatic heterocycles. The Balaban J connectivity index is 1.73. The van der Waals surface area contributed by atoms with Crippen LogP contribution in [0.2, 0.25) is 0 Å². The van der Waals surface area contributed by atoms with Crippen LogP contribution >= 0.6 is 0 Å². The Hall–Kier alpha value is -2.69. The quantitative estimate of drug-likeness (QED) is 0.218. The topological polar surface area (TPSA) is 36.9 Å². The average molecular weight is 561 g/mol. The van der Waals surface area contributed by atoms with E-state index in [0.717, 1.165) is 0 Å². The predicted molar refractivity (Wildman–Crippen MR) is 136 cm³/mol. The van der Waals surface area contributed by atoms with Crippen molar-refractivity contribution < 1.29 is 32.9 Å². The number of hydrogen-bond acceptors (Lipinski definition) is 4. The smallest absolute Gasteiger partial charge is 0.359 e. The summed E-state index contributed by atoms with van der Waals surface area (Å²) in [5.74, 6) is 0. The summed E-state index contributed by atoms with van der Waals surface area (Å²) in [5.41, 5.74) is 0. The molecule has 0 atom stereocenters. The van der Waals surface area contributed by atoms with E-state index in [1.54, 1.807) is 24.3 Å². The van der Waals surface area contributed by atoms with Crippen LogP contribution in [0.1, 0.15) is 0 Å². The molecule has 12 heteroatoms. The molecule has 1 heterocycles. The lowest BCUT2D eigenvalue weighted by Gasteiger charge is -2.41. The second-order valence-corrected chi connectivity index (χ2v) is 17.9. The largest absolute Gasteiger partial charge is 0.562 e. The lowest BCUT2D eigenvalue weighted by molar-refractivity contribution is 0.153. The average Bonchev–Trinajstić information content (AvgIpc) is 2.90. The summed E-state index contributed by atoms with van der Waals surface area (Å²) in [6.07, 6.45) is 0. The minimum absolute atomic E-state index is 0.194. The highest BCUT2D eigenvalue weighted by atomic mass is 28.6. The van der Waals surface area contributed by atoms with Crippen LogP contribution in [0.15, 0.2) is 121 Å². The summed E-state index contributed by atoms with van der Waals surface area (Å²) < 4.78 is 89.0. The molecule has 36 heavy (non-hydrogen) atoms. The van der Waals surface area contributed by atoms with E-state index in [0.29, 0.717) is 0 Å². The maximum Gasteiger partial charge on any atom is 0.562 e. The summed E-state index contributed by atoms with van der Waals surface area (Å²) in [5, 5.41) is -0.775. The van der Waals surface area contributed by atoms with Gasteiger partial charge in [-0.05, 0) is 0 Å². The molecule has 184 valence electrons. The first-order valence-corrected chi connectivity index (χ1v) is 17.8. The third-order valence-corrected chi connectivity index (χ3v) is 18.0. The van der Waals surface area contributed by atoms with Gasteiger partial charge in [0.1, 0.15) is 0 Å². The highest BCUT2D eigenvalue weighted by Crippen LogP contribution is 2.33. The monoisotopic (exact) mass is 560 g/mol. The van der Waals surface area contributed by atoms with Crippen LogP contribution < -0.4 is 20.7 Å². The zero-order chi connectivity index (χ0) is 25.3. The van der Waals surface area contributed by atoms with E-state index in [-0.39, 0.29) is 20.7 Å². The summed E-state index contributed by atoms with van der Waals surface area (Å²) >= 11 is 0. The van der Waals surface area contributed by atoms with Gasteiger partial charge in [0.25, 0.3) is 0 Å². The fourth-order valence-corrected chi connectivity index (χ4v) is 17.5. The second kappa shape index (κ2) is 9.64. The summed E-state index contributed by atoms with van der Waals surface area (Å²) in [6.45, 7) is 0. The van der Waals surface area contributed by atoms with E-state index in [2.05, 4.69) is 0 Å². The molecule has 1 fully saturated rings. The van der Waals surface area contributed by atoms with E-state index in [1.807, 2.05) is 0 Å². The van der Waals surface area contributed by atoms with Gasteiger partial charge in [-0.3, -0.25) is 0 Å². The molecule has 4 nitrogen and oxygen atoms in total. The molecular formula is C24H20F4O4Si4. The van der Waals surface area contributed by atoms with Crippen LogP contribution in [0.5, 0.6) is 0 Å². The number of benzene rings is 4. The highest BCUT2D eigenvalue weighted by Gasteiger charge is 2.70. The predicted octanol–water partition coefficient (Wildman–Crippen LogP) is 3.33. The van der Waals surface area contributed by atoms with Gasteiger partial charge in [-0.1, -0.05) is 121 Å². The van der Waals surface area contributed by atoms with Gasteiger partial charge in [0, 0.05) is 20.7 Å². The van der Waals surface area contributed by atoms with Crippen LogP contribution in [0.3, 0.4) is 0 Å². The van der Waals surface area contributed by atoms with Crippen molar-refractivity contribution in [2.24, 2.45) is 0 Å². The third kappa shape index (κ3) is 4.81. The van der Waals surface area contributed by atoms with E-state index >= 15 is 16.4 Å². The minimum Gasteiger partial charge on any atom is -0.359 e. The van der Waals surface area contributed by atoms with Crippen molar-refractivity contribution in [1.82, 2.24) is 0 Å². The van der Waals surface area contributed by atoms with Crippen molar-refractivity contribution in [3.63, 3.8) is 0 Å². The van der Waals surface area contributed by atoms with Crippen LogP contribution in [0.25, 0.3) is 0 Å². The lowest BCUT2D eigenvalue weighted by Crippen LogP contribution is -2.76. The fraction of sp³-hybridized carbons (Fsp3) is 0. The molecule has 0 radical (unpaired) electrons. The van der Waals surface area contributed by atoms with E-state index in [4.69, 9.17) is 16.5 Å². The molecule has 4 aromatic carbocycles. The molecule has 0 unspecified atom stereocenters. The van der Waals surface area contributed by atoms with Crippen molar-refractivity contribution in [1.29, 1.82) is 0 Å². The first-order chi connectivity index (χ1) is 17.2. The molecule has 5 rings (SSSR count). The fourth-order valence-electron chi connectivity index (χ4n) is 3.78. The highest BCUT2D eigenvalue weighted by molar-refractivity contribution is 7.00. The number of hydrogen-bond donors (Lipinski definition) is 0. The molecule has 0 N–H and O–H groups in total. The van der Waals surface area contributed by atoms with Crippen molar-refractivity contribution in [2.45, 2.75) is 0 Å². The van der Waals surface area contributed by atoms with Crippen molar-refractivity contribution in [3.05, 3.63) is 121 Å². The lowest BCUT2D eigenvalue weighted by atomic mass is 10.4. The minimum atomic E-state index is -5.42. The summed E-state index contributed by atoms with van der Waals surface area (Å²) in [4.78, 5) is 0. The van der Waals surface area contributed by atoms with Crippen LogP contribution in [0.4, 0.5) is 16.4 Å². The van der Waals surface area contributed by atoms with Gasteiger partial charge in [-0.25, -0.2) is 16.4 Å². The Bertz CT molecular complexity index is 1090. The Kier molecular flexibility index (Phi) is 6.69. The van der Waals surface area contributed by atoms with Crippen molar-refractivity contribution in [2.75, 3.05) is 0 Å². The van der Waals surface area contributed by atoms with E-state index in [9.17, 15) is 0 Å². The third-order valence-electron chi connectivity index (χ3n) is 5.52. The van der Waals surface area contributed by atoms with Crippen LogP contribution in [0, 0.1) is 0 Å². The number of halogens is 4. The van der Waals surface area contributed by atoms with Gasteiger partial charge in [0.05, 0.1) is 0 Å². The Morgan fingerprint density at radius 2 is 0.472 bits per heavy atom. The molecule has 0 aliphatic carbocycles. The van der Waals surface area contributed by atoms with Crippen molar-refractivity contribution in [3.8, 4) is 0 Å². The SMILES string of the molecule is F[Si]1(c2ccccc2)O[Si](F)(c2ccccc2)O[Si](F)(c2ccccc2)O[Si](F)(c2ccccc2)O1. The Morgan fingerprint density at radius 1 is 0.306 bits per heavy atom. The Morgan fingerprint density at radius 3 is 0.639 bits per heavy atom. The molecule has 1 saturated heterocycles. The van der Waals surface area contributed by atoms with Crippen LogP contribution in [-0.2, 0) is 16.5 Å². The summed E-state index contributed by atoms with van der Waals surface area (Å²) in [7, 11) is -21.7. The van der Waals surface area contributed by atoms with Gasteiger partial charge in [-0.2, -0.15) is 0 Å². The molecule has 0 amide bonds. The zero-order valence-corrected chi connectivity index (χ0v) is 22.7. The first kappa shape index (κ1) is 25.0. The molecule has 0 bridgehead atoms. The normalized spacial score (nSPS) is 30.8. The molecular weight excluding hydrogens is 541 g/mol.